The van der Waals surface area contributed by atoms with Crippen molar-refractivity contribution in [2.45, 2.75) is 57.7 Å². The van der Waals surface area contributed by atoms with Crippen molar-refractivity contribution in [1.29, 1.82) is 0 Å². The molecule has 42 heavy (non-hydrogen) atoms. The fraction of sp³-hybridized carbons (Fsp3) is 0.441. The van der Waals surface area contributed by atoms with Gasteiger partial charge in [-0.25, -0.2) is 8.78 Å². The number of carbonyl (C=O) groups excluding carboxylic acids is 1. The Morgan fingerprint density at radius 2 is 1.83 bits per heavy atom. The van der Waals surface area contributed by atoms with Gasteiger partial charge in [0, 0.05) is 32.5 Å². The molecule has 3 aromatic carbocycles. The number of aryl methyl sites for hydroxylation is 1. The van der Waals surface area contributed by atoms with Crippen molar-refractivity contribution in [3.63, 3.8) is 0 Å². The van der Waals surface area contributed by atoms with E-state index in [1.54, 1.807) is 6.92 Å². The fourth-order valence-corrected chi connectivity index (χ4v) is 5.71. The number of amides is 1. The third-order valence-corrected chi connectivity index (χ3v) is 7.90. The van der Waals surface area contributed by atoms with Gasteiger partial charge >= 0.3 is 0 Å². The Balaban J connectivity index is 1.50. The summed E-state index contributed by atoms with van der Waals surface area (Å²) in [6, 6.07) is 22.0. The Morgan fingerprint density at radius 3 is 2.55 bits per heavy atom. The van der Waals surface area contributed by atoms with Crippen molar-refractivity contribution in [2.24, 2.45) is 0 Å². The van der Waals surface area contributed by atoms with Crippen molar-refractivity contribution < 1.29 is 28.2 Å². The zero-order valence-electron chi connectivity index (χ0n) is 24.7. The quantitative estimate of drug-likeness (QED) is 0.249. The number of nitrogens with one attached hydrogen (secondary N) is 2. The van der Waals surface area contributed by atoms with Crippen LogP contribution in [-0.2, 0) is 32.9 Å². The van der Waals surface area contributed by atoms with Gasteiger partial charge in [-0.15, -0.1) is 0 Å². The maximum atomic E-state index is 13.8. The lowest BCUT2D eigenvalue weighted by molar-refractivity contribution is -0.125. The standard InChI is InChI=1S/C34H42F2N2O4/c1-4-41-22-33(35,36)23-42-21-26-9-12-29(13-10-26)34(40)16-18-37-20-32(34)30-14-11-28(19-24(30)2)31-8-6-5-7-27(31)15-17-38-25(3)39/h5-14,19,32,37,40H,4,15-18,20-23H2,1-3H3,(H,38,39)/t32-,34+/m1/s1. The largest absolute Gasteiger partial charge is 0.384 e. The molecule has 0 unspecified atom stereocenters. The van der Waals surface area contributed by atoms with Crippen LogP contribution in [0.1, 0.15) is 54.0 Å². The number of ether oxygens (including phenoxy) is 2. The molecule has 3 aromatic rings. The van der Waals surface area contributed by atoms with Gasteiger partial charge in [-0.05, 0) is 72.2 Å². The van der Waals surface area contributed by atoms with Gasteiger partial charge in [0.05, 0.1) is 12.2 Å². The van der Waals surface area contributed by atoms with E-state index in [1.807, 2.05) is 36.4 Å². The highest BCUT2D eigenvalue weighted by Crippen LogP contribution is 2.43. The molecule has 4 rings (SSSR count). The number of carbonyl (C=O) groups is 1. The van der Waals surface area contributed by atoms with Gasteiger partial charge in [-0.1, -0.05) is 66.7 Å². The molecule has 6 nitrogen and oxygen atoms in total. The molecule has 2 atom stereocenters. The zero-order valence-corrected chi connectivity index (χ0v) is 24.7. The van der Waals surface area contributed by atoms with E-state index in [-0.39, 0.29) is 25.0 Å². The van der Waals surface area contributed by atoms with E-state index in [0.29, 0.717) is 26.1 Å². The summed E-state index contributed by atoms with van der Waals surface area (Å²) >= 11 is 0. The second-order valence-electron chi connectivity index (χ2n) is 11.1. The van der Waals surface area contributed by atoms with E-state index in [0.717, 1.165) is 45.4 Å². The fourth-order valence-electron chi connectivity index (χ4n) is 5.71. The predicted octanol–water partition coefficient (Wildman–Crippen LogP) is 5.49. The molecule has 1 heterocycles. The Hall–Kier alpha value is -3.17. The molecule has 0 saturated carbocycles. The van der Waals surface area contributed by atoms with Crippen LogP contribution in [0.5, 0.6) is 0 Å². The van der Waals surface area contributed by atoms with Crippen molar-refractivity contribution in [3.8, 4) is 11.1 Å². The molecule has 0 bridgehead atoms. The topological polar surface area (TPSA) is 79.8 Å². The number of halogens is 2. The summed E-state index contributed by atoms with van der Waals surface area (Å²) in [5.74, 6) is -3.24. The van der Waals surface area contributed by atoms with Crippen molar-refractivity contribution in [3.05, 3.63) is 94.5 Å². The molecule has 3 N–H and O–H groups in total. The average Bonchev–Trinajstić information content (AvgIpc) is 2.97. The summed E-state index contributed by atoms with van der Waals surface area (Å²) in [4.78, 5) is 11.3. The normalized spacial score (nSPS) is 19.0. The summed E-state index contributed by atoms with van der Waals surface area (Å²) < 4.78 is 37.7. The van der Waals surface area contributed by atoms with Crippen LogP contribution in [0.2, 0.25) is 0 Å². The van der Waals surface area contributed by atoms with E-state index in [9.17, 15) is 18.7 Å². The lowest BCUT2D eigenvalue weighted by Gasteiger charge is -2.42. The Labute approximate surface area is 247 Å². The second-order valence-corrected chi connectivity index (χ2v) is 11.1. The summed E-state index contributed by atoms with van der Waals surface area (Å²) in [6.07, 6.45) is 1.28. The van der Waals surface area contributed by atoms with Gasteiger partial charge < -0.3 is 25.2 Å². The van der Waals surface area contributed by atoms with Crippen LogP contribution in [0.3, 0.4) is 0 Å². The van der Waals surface area contributed by atoms with Gasteiger partial charge in [0.1, 0.15) is 13.2 Å². The second kappa shape index (κ2) is 14.3. The van der Waals surface area contributed by atoms with Crippen LogP contribution < -0.4 is 10.6 Å². The number of rotatable bonds is 13. The number of alkyl halides is 2. The molecule has 0 aromatic heterocycles. The number of hydrogen-bond donors (Lipinski definition) is 3. The highest BCUT2D eigenvalue weighted by Gasteiger charge is 2.42. The molecule has 1 aliphatic rings. The highest BCUT2D eigenvalue weighted by atomic mass is 19.3. The average molecular weight is 581 g/mol. The van der Waals surface area contributed by atoms with Crippen LogP contribution >= 0.6 is 0 Å². The van der Waals surface area contributed by atoms with Gasteiger partial charge in [0.15, 0.2) is 0 Å². The first-order valence-electron chi connectivity index (χ1n) is 14.6. The maximum Gasteiger partial charge on any atom is 0.293 e. The molecule has 1 amide bonds. The number of aliphatic hydroxyl groups is 1. The molecule has 8 heteroatoms. The minimum absolute atomic E-state index is 0.0396. The number of piperidine rings is 1. The van der Waals surface area contributed by atoms with Crippen LogP contribution in [0.4, 0.5) is 8.78 Å². The third-order valence-electron chi connectivity index (χ3n) is 7.90. The lowest BCUT2D eigenvalue weighted by atomic mass is 9.72. The highest BCUT2D eigenvalue weighted by molar-refractivity contribution is 5.73. The van der Waals surface area contributed by atoms with Gasteiger partial charge in [0.2, 0.25) is 5.91 Å². The van der Waals surface area contributed by atoms with E-state index in [4.69, 9.17) is 9.47 Å². The van der Waals surface area contributed by atoms with E-state index < -0.39 is 24.7 Å². The molecular weight excluding hydrogens is 538 g/mol. The molecular formula is C34H42F2N2O4. The Bertz CT molecular complexity index is 1330. The molecule has 0 spiro atoms. The molecule has 0 radical (unpaired) electrons. The van der Waals surface area contributed by atoms with Gasteiger partial charge in [-0.2, -0.15) is 0 Å². The van der Waals surface area contributed by atoms with E-state index in [1.165, 1.54) is 6.92 Å². The maximum absolute atomic E-state index is 13.8. The van der Waals surface area contributed by atoms with Crippen molar-refractivity contribution >= 4 is 5.91 Å². The first kappa shape index (κ1) is 31.8. The number of hydrogen-bond acceptors (Lipinski definition) is 5. The first-order valence-corrected chi connectivity index (χ1v) is 14.6. The first-order chi connectivity index (χ1) is 20.1. The Morgan fingerprint density at radius 1 is 1.10 bits per heavy atom. The monoisotopic (exact) mass is 580 g/mol. The molecule has 1 saturated heterocycles. The summed E-state index contributed by atoms with van der Waals surface area (Å²) in [6.45, 7) is 6.09. The van der Waals surface area contributed by atoms with E-state index in [2.05, 4.69) is 47.9 Å². The van der Waals surface area contributed by atoms with Crippen LogP contribution in [0.25, 0.3) is 11.1 Å². The minimum atomic E-state index is -3.03. The third kappa shape index (κ3) is 8.01. The predicted molar refractivity (Wildman–Crippen MR) is 161 cm³/mol. The molecule has 226 valence electrons. The van der Waals surface area contributed by atoms with Crippen LogP contribution in [0, 0.1) is 6.92 Å². The van der Waals surface area contributed by atoms with Gasteiger partial charge in [0.25, 0.3) is 5.92 Å². The number of benzene rings is 3. The van der Waals surface area contributed by atoms with Crippen molar-refractivity contribution in [2.75, 3.05) is 39.5 Å². The van der Waals surface area contributed by atoms with Crippen molar-refractivity contribution in [1.82, 2.24) is 10.6 Å². The van der Waals surface area contributed by atoms with E-state index >= 15 is 0 Å². The van der Waals surface area contributed by atoms with Crippen LogP contribution in [0.15, 0.2) is 66.7 Å². The SMILES string of the molecule is CCOCC(F)(F)COCc1ccc([C@@]2(O)CCNC[C@@H]2c2ccc(-c3ccccc3CCNC(C)=O)cc2C)cc1. The summed E-state index contributed by atoms with van der Waals surface area (Å²) in [5.41, 5.74) is 6.03. The van der Waals surface area contributed by atoms with Crippen LogP contribution in [-0.4, -0.2) is 56.4 Å². The molecule has 0 aliphatic carbocycles. The van der Waals surface area contributed by atoms with Gasteiger partial charge in [-0.3, -0.25) is 4.79 Å². The zero-order chi connectivity index (χ0) is 30.2. The molecule has 1 fully saturated rings. The summed E-state index contributed by atoms with van der Waals surface area (Å²) in [5, 5.41) is 18.4. The smallest absolute Gasteiger partial charge is 0.293 e. The Kier molecular flexibility index (Phi) is 10.8. The summed E-state index contributed by atoms with van der Waals surface area (Å²) in [7, 11) is 0. The lowest BCUT2D eigenvalue weighted by Crippen LogP contribution is -2.46. The molecule has 1 aliphatic heterocycles. The minimum Gasteiger partial charge on any atom is -0.384 e.